The number of anilines is 1. The highest BCUT2D eigenvalue weighted by Crippen LogP contribution is 2.07. The van der Waals surface area contributed by atoms with E-state index in [1.165, 1.54) is 11.6 Å². The minimum absolute atomic E-state index is 0. The van der Waals surface area contributed by atoms with Crippen LogP contribution < -0.4 is 10.9 Å². The minimum atomic E-state index is -0.473. The van der Waals surface area contributed by atoms with E-state index in [0.717, 1.165) is 45.7 Å². The molecule has 0 unspecified atom stereocenters. The summed E-state index contributed by atoms with van der Waals surface area (Å²) in [7, 11) is 3.44. The van der Waals surface area contributed by atoms with E-state index >= 15 is 0 Å². The third-order valence-corrected chi connectivity index (χ3v) is 4.88. The van der Waals surface area contributed by atoms with Crippen LogP contribution in [0.4, 0.5) is 5.95 Å². The molecule has 3 rings (SSSR count). The Balaban J connectivity index is 0.00000210. The molecule has 1 saturated heterocycles. The number of ether oxygens (including phenoxy) is 1. The Morgan fingerprint density at radius 2 is 1.90 bits per heavy atom. The van der Waals surface area contributed by atoms with Crippen molar-refractivity contribution in [2.75, 3.05) is 58.7 Å². The number of esters is 1. The summed E-state index contributed by atoms with van der Waals surface area (Å²) in [4.78, 5) is 37.5. The molecule has 3 heterocycles. The fourth-order valence-electron chi connectivity index (χ4n) is 3.13. The summed E-state index contributed by atoms with van der Waals surface area (Å²) in [6, 6.07) is 0. The number of likely N-dealkylation sites (N-methyl/N-ethyl adjacent to an activating group) is 1. The van der Waals surface area contributed by atoms with Gasteiger partial charge in [0, 0.05) is 32.7 Å². The van der Waals surface area contributed by atoms with Crippen molar-refractivity contribution in [1.29, 1.82) is 0 Å². The van der Waals surface area contributed by atoms with Gasteiger partial charge in [-0.3, -0.25) is 14.7 Å². The van der Waals surface area contributed by atoms with Crippen molar-refractivity contribution in [3.8, 4) is 0 Å². The van der Waals surface area contributed by atoms with Gasteiger partial charge in [-0.1, -0.05) is 0 Å². The van der Waals surface area contributed by atoms with Crippen LogP contribution in [0.3, 0.4) is 0 Å². The number of rotatable bonds is 7. The van der Waals surface area contributed by atoms with Crippen molar-refractivity contribution in [2.24, 2.45) is 0 Å². The molecule has 1 aliphatic rings. The number of nitrogens with zero attached hydrogens (tertiary/aromatic N) is 5. The summed E-state index contributed by atoms with van der Waals surface area (Å²) in [5, 5.41) is 6.12. The van der Waals surface area contributed by atoms with E-state index in [-0.39, 0.29) is 42.6 Å². The van der Waals surface area contributed by atoms with Crippen LogP contribution in [-0.4, -0.2) is 88.8 Å². The summed E-state index contributed by atoms with van der Waals surface area (Å²) in [6.45, 7) is 7.89. The van der Waals surface area contributed by atoms with E-state index in [2.05, 4.69) is 42.0 Å². The lowest BCUT2D eigenvalue weighted by atomic mass is 10.2. The molecule has 12 heteroatoms. The van der Waals surface area contributed by atoms with Gasteiger partial charge in [0.25, 0.3) is 11.3 Å². The van der Waals surface area contributed by atoms with Gasteiger partial charge in [-0.05, 0) is 26.9 Å². The summed E-state index contributed by atoms with van der Waals surface area (Å²) in [5.41, 5.74) is 0.462. The SMILES string of the molecule is COC(=O)Cc1c(C)nc2nc(NCCCN3CCN(C)CC3)[nH]n2c1=O.Cl.Cl. The molecule has 29 heavy (non-hydrogen) atoms. The number of aromatic amines is 1. The first-order valence-electron chi connectivity index (χ1n) is 9.17. The van der Waals surface area contributed by atoms with Crippen molar-refractivity contribution >= 4 is 42.5 Å². The molecule has 2 aromatic rings. The van der Waals surface area contributed by atoms with E-state index in [0.29, 0.717) is 17.2 Å². The lowest BCUT2D eigenvalue weighted by molar-refractivity contribution is -0.139. The van der Waals surface area contributed by atoms with Crippen molar-refractivity contribution in [1.82, 2.24) is 29.4 Å². The Bertz CT molecular complexity index is 863. The highest BCUT2D eigenvalue weighted by molar-refractivity contribution is 5.85. The Morgan fingerprint density at radius 1 is 1.21 bits per heavy atom. The van der Waals surface area contributed by atoms with Crippen molar-refractivity contribution < 1.29 is 9.53 Å². The second kappa shape index (κ2) is 11.3. The number of fused-ring (bicyclic) bond motifs is 1. The largest absolute Gasteiger partial charge is 0.469 e. The fraction of sp³-hybridized carbons (Fsp3) is 0.647. The quantitative estimate of drug-likeness (QED) is 0.459. The first-order valence-corrected chi connectivity index (χ1v) is 9.17. The zero-order valence-electron chi connectivity index (χ0n) is 16.9. The molecule has 0 saturated carbocycles. The average molecular weight is 450 g/mol. The lowest BCUT2D eigenvalue weighted by Gasteiger charge is -2.32. The highest BCUT2D eigenvalue weighted by Gasteiger charge is 2.16. The molecule has 0 spiro atoms. The fourth-order valence-corrected chi connectivity index (χ4v) is 3.13. The van der Waals surface area contributed by atoms with Crippen molar-refractivity contribution in [3.63, 3.8) is 0 Å². The zero-order chi connectivity index (χ0) is 19.4. The smallest absolute Gasteiger partial charge is 0.310 e. The van der Waals surface area contributed by atoms with E-state index < -0.39 is 5.97 Å². The van der Waals surface area contributed by atoms with Crippen molar-refractivity contribution in [3.05, 3.63) is 21.6 Å². The second-order valence-corrected chi connectivity index (χ2v) is 6.87. The molecule has 0 amide bonds. The molecule has 0 atom stereocenters. The molecule has 10 nitrogen and oxygen atoms in total. The van der Waals surface area contributed by atoms with Gasteiger partial charge >= 0.3 is 5.97 Å². The molecule has 0 aliphatic carbocycles. The summed E-state index contributed by atoms with van der Waals surface area (Å²) in [5.74, 6) is 0.305. The number of H-pyrrole nitrogens is 1. The maximum Gasteiger partial charge on any atom is 0.310 e. The van der Waals surface area contributed by atoms with E-state index in [1.807, 2.05) is 0 Å². The van der Waals surface area contributed by atoms with Crippen LogP contribution in [-0.2, 0) is 16.0 Å². The Kier molecular flexibility index (Phi) is 9.84. The molecule has 1 fully saturated rings. The number of piperazine rings is 1. The zero-order valence-corrected chi connectivity index (χ0v) is 18.6. The van der Waals surface area contributed by atoms with Gasteiger partial charge in [-0.2, -0.15) is 9.50 Å². The Hall–Kier alpha value is -1.88. The van der Waals surface area contributed by atoms with Crippen LogP contribution in [0.1, 0.15) is 17.7 Å². The van der Waals surface area contributed by atoms with Gasteiger partial charge in [-0.15, -0.1) is 24.8 Å². The molecule has 0 radical (unpaired) electrons. The number of carbonyl (C=O) groups is 1. The van der Waals surface area contributed by atoms with Crippen LogP contribution in [0.2, 0.25) is 0 Å². The Morgan fingerprint density at radius 3 is 2.55 bits per heavy atom. The van der Waals surface area contributed by atoms with Crippen LogP contribution in [0.15, 0.2) is 4.79 Å². The lowest BCUT2D eigenvalue weighted by Crippen LogP contribution is -2.44. The van der Waals surface area contributed by atoms with Crippen LogP contribution in [0, 0.1) is 6.92 Å². The molecule has 2 N–H and O–H groups in total. The van der Waals surface area contributed by atoms with E-state index in [4.69, 9.17) is 0 Å². The molecular formula is C17H29Cl2N7O3. The standard InChI is InChI=1S/C17H27N7O3.2ClH/c1-12-13(11-14(25)27-3)15(26)24-17(19-12)20-16(21-24)18-5-4-6-23-9-7-22(2)8-10-23;;/h4-11H2,1-3H3,(H2,18,19,20,21);2*1H. The van der Waals surface area contributed by atoms with Gasteiger partial charge in [0.2, 0.25) is 5.95 Å². The number of aryl methyl sites for hydroxylation is 1. The maximum atomic E-state index is 12.6. The predicted molar refractivity (Wildman–Crippen MR) is 116 cm³/mol. The molecule has 2 aromatic heterocycles. The van der Waals surface area contributed by atoms with Crippen molar-refractivity contribution in [2.45, 2.75) is 19.8 Å². The topological polar surface area (TPSA) is 108 Å². The number of hydrogen-bond donors (Lipinski definition) is 2. The minimum Gasteiger partial charge on any atom is -0.469 e. The number of halogens is 2. The third kappa shape index (κ3) is 6.30. The second-order valence-electron chi connectivity index (χ2n) is 6.87. The van der Waals surface area contributed by atoms with Gasteiger partial charge in [0.05, 0.1) is 24.8 Å². The molecular weight excluding hydrogens is 421 g/mol. The summed E-state index contributed by atoms with van der Waals surface area (Å²) < 4.78 is 5.90. The number of hydrogen-bond acceptors (Lipinski definition) is 8. The van der Waals surface area contributed by atoms with Gasteiger partial charge < -0.3 is 19.9 Å². The van der Waals surface area contributed by atoms with Gasteiger partial charge in [0.15, 0.2) is 0 Å². The third-order valence-electron chi connectivity index (χ3n) is 4.88. The number of carbonyl (C=O) groups excluding carboxylic acids is 1. The van der Waals surface area contributed by atoms with Crippen LogP contribution >= 0.6 is 24.8 Å². The van der Waals surface area contributed by atoms with E-state index in [9.17, 15) is 9.59 Å². The predicted octanol–water partition coefficient (Wildman–Crippen LogP) is 0.335. The summed E-state index contributed by atoms with van der Waals surface area (Å²) >= 11 is 0. The molecule has 164 valence electrons. The first-order chi connectivity index (χ1) is 13.0. The van der Waals surface area contributed by atoms with Gasteiger partial charge in [0.1, 0.15) is 0 Å². The van der Waals surface area contributed by atoms with Crippen LogP contribution in [0.25, 0.3) is 5.78 Å². The maximum absolute atomic E-state index is 12.6. The molecule has 1 aliphatic heterocycles. The number of methoxy groups -OCH3 is 1. The first kappa shape index (κ1) is 25.2. The average Bonchev–Trinajstić information content (AvgIpc) is 3.06. The number of nitrogens with one attached hydrogen (secondary N) is 2. The van der Waals surface area contributed by atoms with Crippen LogP contribution in [0.5, 0.6) is 0 Å². The highest BCUT2D eigenvalue weighted by atomic mass is 35.5. The monoisotopic (exact) mass is 449 g/mol. The molecule has 0 bridgehead atoms. The summed E-state index contributed by atoms with van der Waals surface area (Å²) in [6.07, 6.45) is 0.875. The Labute approximate surface area is 181 Å². The molecule has 0 aromatic carbocycles. The number of aromatic nitrogens is 4. The van der Waals surface area contributed by atoms with Gasteiger partial charge in [-0.25, -0.2) is 4.98 Å². The normalized spacial score (nSPS) is 14.9. The van der Waals surface area contributed by atoms with E-state index in [1.54, 1.807) is 6.92 Å².